The van der Waals surface area contributed by atoms with Crippen LogP contribution in [0.4, 0.5) is 0 Å². The standard InChI is InChI=1S/C11H9N.C3H6.C2H8Si/c1-8-7-12-6-5-9-3-2-4-10(8)11(9)12;2*1-3-2/h2-6H,1,7H2;3H,1H2,2H3;3H2,1-2H3. The Morgan fingerprint density at radius 2 is 1.89 bits per heavy atom. The van der Waals surface area contributed by atoms with Crippen LogP contribution >= 0.6 is 0 Å². The highest BCUT2D eigenvalue weighted by Gasteiger charge is 2.15. The monoisotopic (exact) mass is 257 g/mol. The average molecular weight is 257 g/mol. The molecule has 0 fully saturated rings. The first-order valence-corrected chi connectivity index (χ1v) is 9.35. The van der Waals surface area contributed by atoms with Crippen molar-refractivity contribution in [3.05, 3.63) is 55.3 Å². The van der Waals surface area contributed by atoms with Gasteiger partial charge >= 0.3 is 0 Å². The van der Waals surface area contributed by atoms with Gasteiger partial charge in [0.05, 0.1) is 5.52 Å². The van der Waals surface area contributed by atoms with Crippen molar-refractivity contribution in [2.24, 2.45) is 0 Å². The second-order valence-corrected chi connectivity index (χ2v) is 5.82. The van der Waals surface area contributed by atoms with E-state index in [-0.39, 0.29) is 0 Å². The number of hydrogen-bond donors (Lipinski definition) is 0. The van der Waals surface area contributed by atoms with Crippen LogP contribution in [0.3, 0.4) is 0 Å². The zero-order valence-electron chi connectivity index (χ0n) is 11.7. The van der Waals surface area contributed by atoms with Crippen molar-refractivity contribution in [2.45, 2.75) is 26.6 Å². The number of aromatic nitrogens is 1. The predicted molar refractivity (Wildman–Crippen MR) is 87.1 cm³/mol. The first-order valence-electron chi connectivity index (χ1n) is 6.52. The predicted octanol–water partition coefficient (Wildman–Crippen LogP) is 4.11. The van der Waals surface area contributed by atoms with E-state index in [0.717, 1.165) is 6.54 Å². The third-order valence-corrected chi connectivity index (χ3v) is 2.53. The maximum Gasteiger partial charge on any atom is 0.0560 e. The molecule has 1 aliphatic rings. The van der Waals surface area contributed by atoms with Crippen molar-refractivity contribution in [2.75, 3.05) is 0 Å². The normalized spacial score (nSPS) is 11.4. The Kier molecular flexibility index (Phi) is 5.66. The van der Waals surface area contributed by atoms with E-state index in [4.69, 9.17) is 0 Å². The van der Waals surface area contributed by atoms with Crippen LogP contribution in [-0.2, 0) is 6.54 Å². The van der Waals surface area contributed by atoms with Gasteiger partial charge in [0.2, 0.25) is 0 Å². The molecule has 1 aromatic carbocycles. The van der Waals surface area contributed by atoms with Crippen molar-refractivity contribution in [1.82, 2.24) is 4.57 Å². The van der Waals surface area contributed by atoms with Crippen molar-refractivity contribution < 1.29 is 0 Å². The summed E-state index contributed by atoms with van der Waals surface area (Å²) in [7, 11) is 0.417. The van der Waals surface area contributed by atoms with Crippen LogP contribution in [0.5, 0.6) is 0 Å². The lowest BCUT2D eigenvalue weighted by Crippen LogP contribution is -1.85. The Bertz CT molecular complexity index is 537. The molecule has 1 aliphatic heterocycles. The Hall–Kier alpha value is -1.54. The van der Waals surface area contributed by atoms with Crippen LogP contribution in [0.25, 0.3) is 16.5 Å². The van der Waals surface area contributed by atoms with Crippen molar-refractivity contribution in [3.63, 3.8) is 0 Å². The van der Waals surface area contributed by atoms with Crippen molar-refractivity contribution in [3.8, 4) is 0 Å². The van der Waals surface area contributed by atoms with Gasteiger partial charge in [-0.25, -0.2) is 0 Å². The molecule has 2 aromatic rings. The molecular weight excluding hydrogens is 234 g/mol. The highest BCUT2D eigenvalue weighted by molar-refractivity contribution is 6.31. The fourth-order valence-electron chi connectivity index (χ4n) is 1.97. The van der Waals surface area contributed by atoms with Crippen LogP contribution < -0.4 is 0 Å². The van der Waals surface area contributed by atoms with Gasteiger partial charge in [-0.3, -0.25) is 0 Å². The van der Waals surface area contributed by atoms with Gasteiger partial charge in [-0.1, -0.05) is 43.9 Å². The molecule has 0 saturated carbocycles. The smallest absolute Gasteiger partial charge is 0.0560 e. The van der Waals surface area contributed by atoms with E-state index in [1.807, 2.05) is 6.92 Å². The van der Waals surface area contributed by atoms with E-state index in [9.17, 15) is 0 Å². The lowest BCUT2D eigenvalue weighted by molar-refractivity contribution is 0.909. The van der Waals surface area contributed by atoms with Crippen LogP contribution in [0.2, 0.25) is 13.1 Å². The van der Waals surface area contributed by atoms with E-state index in [2.05, 4.69) is 61.3 Å². The summed E-state index contributed by atoms with van der Waals surface area (Å²) in [5.41, 5.74) is 3.90. The van der Waals surface area contributed by atoms with Gasteiger partial charge in [0.25, 0.3) is 0 Å². The van der Waals surface area contributed by atoms with E-state index in [0.29, 0.717) is 9.52 Å². The molecule has 0 spiro atoms. The summed E-state index contributed by atoms with van der Waals surface area (Å²) in [6.45, 7) is 14.8. The first kappa shape index (κ1) is 14.5. The van der Waals surface area contributed by atoms with Gasteiger partial charge in [0.1, 0.15) is 0 Å². The van der Waals surface area contributed by atoms with Gasteiger partial charge in [-0.2, -0.15) is 0 Å². The zero-order chi connectivity index (χ0) is 13.5. The molecule has 3 rings (SSSR count). The van der Waals surface area contributed by atoms with E-state index in [1.54, 1.807) is 6.08 Å². The molecule has 0 atom stereocenters. The molecule has 0 aliphatic carbocycles. The minimum atomic E-state index is 0.417. The molecular formula is C16H23NSi. The number of para-hydroxylation sites is 1. The van der Waals surface area contributed by atoms with E-state index in [1.165, 1.54) is 22.0 Å². The molecule has 0 unspecified atom stereocenters. The summed E-state index contributed by atoms with van der Waals surface area (Å²) in [5.74, 6) is 0. The Balaban J connectivity index is 0.000000234. The number of hydrogen-bond acceptors (Lipinski definition) is 0. The van der Waals surface area contributed by atoms with Gasteiger partial charge < -0.3 is 4.57 Å². The molecule has 2 heterocycles. The third-order valence-electron chi connectivity index (χ3n) is 2.53. The molecule has 0 N–H and O–H groups in total. The molecule has 0 saturated heterocycles. The largest absolute Gasteiger partial charge is 0.343 e. The van der Waals surface area contributed by atoms with Crippen LogP contribution in [0.1, 0.15) is 12.5 Å². The lowest BCUT2D eigenvalue weighted by Gasteiger charge is -1.94. The molecule has 18 heavy (non-hydrogen) atoms. The van der Waals surface area contributed by atoms with Crippen molar-refractivity contribution in [1.29, 1.82) is 0 Å². The Labute approximate surface area is 113 Å². The zero-order valence-corrected chi connectivity index (χ0v) is 13.2. The summed E-state index contributed by atoms with van der Waals surface area (Å²) < 4.78 is 2.26. The highest BCUT2D eigenvalue weighted by Crippen LogP contribution is 2.32. The summed E-state index contributed by atoms with van der Waals surface area (Å²) >= 11 is 0. The van der Waals surface area contributed by atoms with Crippen LogP contribution in [-0.4, -0.2) is 14.1 Å². The van der Waals surface area contributed by atoms with Gasteiger partial charge in [0.15, 0.2) is 0 Å². The summed E-state index contributed by atoms with van der Waals surface area (Å²) in [4.78, 5) is 0. The van der Waals surface area contributed by atoms with Gasteiger partial charge in [-0.05, 0) is 18.6 Å². The molecule has 2 heteroatoms. The van der Waals surface area contributed by atoms with Gasteiger partial charge in [0, 0.05) is 33.2 Å². The number of allylic oxidation sites excluding steroid dienone is 2. The number of rotatable bonds is 0. The molecule has 1 aromatic heterocycles. The van der Waals surface area contributed by atoms with Crippen LogP contribution in [0.15, 0.2) is 49.7 Å². The fourth-order valence-corrected chi connectivity index (χ4v) is 1.97. The second-order valence-electron chi connectivity index (χ2n) is 4.41. The molecule has 0 amide bonds. The Morgan fingerprint density at radius 1 is 1.28 bits per heavy atom. The SMILES string of the molecule is C=C1Cn2ccc3cccc1c32.C=CC.C[SiH2]C. The van der Waals surface area contributed by atoms with Gasteiger partial charge in [-0.15, -0.1) is 6.58 Å². The number of nitrogens with zero attached hydrogens (tertiary/aromatic N) is 1. The number of benzene rings is 1. The Morgan fingerprint density at radius 3 is 2.50 bits per heavy atom. The minimum Gasteiger partial charge on any atom is -0.343 e. The average Bonchev–Trinajstić information content (AvgIpc) is 2.88. The minimum absolute atomic E-state index is 0.417. The lowest BCUT2D eigenvalue weighted by atomic mass is 10.1. The van der Waals surface area contributed by atoms with E-state index < -0.39 is 0 Å². The second kappa shape index (κ2) is 7.02. The van der Waals surface area contributed by atoms with E-state index >= 15 is 0 Å². The quantitative estimate of drug-likeness (QED) is 0.494. The first-order chi connectivity index (χ1) is 8.69. The molecule has 0 radical (unpaired) electrons. The van der Waals surface area contributed by atoms with Crippen LogP contribution in [0, 0.1) is 0 Å². The summed E-state index contributed by atoms with van der Waals surface area (Å²) in [6, 6.07) is 8.55. The fraction of sp³-hybridized carbons (Fsp3) is 0.250. The summed E-state index contributed by atoms with van der Waals surface area (Å²) in [6.07, 6.45) is 3.88. The topological polar surface area (TPSA) is 4.93 Å². The summed E-state index contributed by atoms with van der Waals surface area (Å²) in [5, 5.41) is 1.33. The maximum absolute atomic E-state index is 4.05. The molecule has 1 nitrogen and oxygen atoms in total. The maximum atomic E-state index is 4.05. The molecule has 96 valence electrons. The highest BCUT2D eigenvalue weighted by atomic mass is 28.2. The third kappa shape index (κ3) is 3.02. The van der Waals surface area contributed by atoms with Crippen molar-refractivity contribution >= 4 is 26.0 Å². The molecule has 0 bridgehead atoms.